The van der Waals surface area contributed by atoms with E-state index in [1.54, 1.807) is 27.7 Å². The van der Waals surface area contributed by atoms with Crippen LogP contribution in [-0.2, 0) is 13.7 Å². The van der Waals surface area contributed by atoms with Crippen LogP contribution in [0.3, 0.4) is 0 Å². The molecule has 2 aromatic carbocycles. The fraction of sp³-hybridized carbons (Fsp3) is 0.571. The van der Waals surface area contributed by atoms with Crippen LogP contribution in [0.4, 0.5) is 0 Å². The maximum absolute atomic E-state index is 12.7. The zero-order valence-electron chi connectivity index (χ0n) is 22.4. The molecule has 0 heterocycles. The molecule has 0 aliphatic heterocycles. The van der Waals surface area contributed by atoms with Crippen molar-refractivity contribution in [1.29, 1.82) is 0 Å². The van der Waals surface area contributed by atoms with Crippen molar-refractivity contribution in [2.75, 3.05) is 6.61 Å². The second-order valence-corrected chi connectivity index (χ2v) is 17.8. The van der Waals surface area contributed by atoms with Crippen LogP contribution in [0.1, 0.15) is 61.8 Å². The van der Waals surface area contributed by atoms with E-state index in [-0.39, 0.29) is 17.6 Å². The molecule has 2 atom stereocenters. The van der Waals surface area contributed by atoms with Gasteiger partial charge in [0.2, 0.25) is 0 Å². The smallest absolute Gasteiger partial charge is 0.261 e. The fourth-order valence-corrected chi connectivity index (χ4v) is 11.9. The highest BCUT2D eigenvalue weighted by molar-refractivity contribution is 7.50. The van der Waals surface area contributed by atoms with Gasteiger partial charge in [-0.3, -0.25) is 0 Å². The molecule has 1 fully saturated rings. The Morgan fingerprint density at radius 1 is 0.943 bits per heavy atom. The van der Waals surface area contributed by atoms with Crippen molar-refractivity contribution < 1.29 is 23.5 Å². The van der Waals surface area contributed by atoms with Crippen LogP contribution in [0.25, 0.3) is 0 Å². The van der Waals surface area contributed by atoms with Crippen molar-refractivity contribution >= 4 is 26.3 Å². The molecule has 194 valence electrons. The van der Waals surface area contributed by atoms with Gasteiger partial charge >= 0.3 is 0 Å². The SMILES string of the molecule is CC1CC1(CO[Si](c1ccccc1)(c1ccccc1)C(C)(C)C)OC(C(C)C)(C(C)C)P(=O)([O-])[O-]. The van der Waals surface area contributed by atoms with Crippen molar-refractivity contribution in [3.63, 3.8) is 0 Å². The highest BCUT2D eigenvalue weighted by Crippen LogP contribution is 2.60. The lowest BCUT2D eigenvalue weighted by Crippen LogP contribution is -2.67. The van der Waals surface area contributed by atoms with E-state index < -0.39 is 38.7 Å². The number of ether oxygens (including phenoxy) is 1. The summed E-state index contributed by atoms with van der Waals surface area (Å²) in [6.45, 7) is 15.9. The summed E-state index contributed by atoms with van der Waals surface area (Å²) in [5.74, 6) is -0.883. The summed E-state index contributed by atoms with van der Waals surface area (Å²) in [6.07, 6.45) is 0.659. The summed E-state index contributed by atoms with van der Waals surface area (Å²) in [5, 5.41) is 0.306. The van der Waals surface area contributed by atoms with E-state index in [2.05, 4.69) is 45.0 Å². The zero-order chi connectivity index (χ0) is 26.3. The molecule has 0 spiro atoms. The molecule has 0 N–H and O–H groups in total. The minimum atomic E-state index is -5.08. The number of benzene rings is 2. The highest BCUT2D eigenvalue weighted by atomic mass is 31.2. The van der Waals surface area contributed by atoms with Crippen LogP contribution in [0.5, 0.6) is 0 Å². The Morgan fingerprint density at radius 2 is 1.34 bits per heavy atom. The highest BCUT2D eigenvalue weighted by Gasteiger charge is 2.61. The predicted octanol–water partition coefficient (Wildman–Crippen LogP) is 4.28. The Balaban J connectivity index is 2.09. The van der Waals surface area contributed by atoms with Gasteiger partial charge in [-0.2, -0.15) is 0 Å². The topological polar surface area (TPSA) is 81.7 Å². The first kappa shape index (κ1) is 28.3. The largest absolute Gasteiger partial charge is 0.809 e. The third-order valence-electron chi connectivity index (χ3n) is 7.79. The summed E-state index contributed by atoms with van der Waals surface area (Å²) in [7, 11) is -7.91. The average Bonchev–Trinajstić information content (AvgIpc) is 3.40. The molecule has 3 rings (SSSR count). The monoisotopic (exact) mass is 516 g/mol. The van der Waals surface area contributed by atoms with Crippen LogP contribution in [0.2, 0.25) is 5.04 Å². The van der Waals surface area contributed by atoms with Crippen molar-refractivity contribution in [2.45, 2.75) is 77.8 Å². The molecule has 1 aliphatic carbocycles. The van der Waals surface area contributed by atoms with Crippen LogP contribution in [0.15, 0.2) is 60.7 Å². The van der Waals surface area contributed by atoms with Crippen molar-refractivity contribution in [3.05, 3.63) is 60.7 Å². The third kappa shape index (κ3) is 4.99. The fourth-order valence-electron chi connectivity index (χ4n) is 5.74. The first-order valence-corrected chi connectivity index (χ1v) is 16.1. The summed E-state index contributed by atoms with van der Waals surface area (Å²) in [4.78, 5) is 25.3. The predicted molar refractivity (Wildman–Crippen MR) is 141 cm³/mol. The summed E-state index contributed by atoms with van der Waals surface area (Å²) in [5.41, 5.74) is -0.813. The number of hydrogen-bond donors (Lipinski definition) is 0. The number of hydrogen-bond acceptors (Lipinski definition) is 5. The molecule has 2 aromatic rings. The van der Waals surface area contributed by atoms with E-state index in [1.165, 1.54) is 0 Å². The van der Waals surface area contributed by atoms with Gasteiger partial charge in [0.1, 0.15) is 0 Å². The lowest BCUT2D eigenvalue weighted by molar-refractivity contribution is -0.342. The van der Waals surface area contributed by atoms with Crippen molar-refractivity contribution in [3.8, 4) is 0 Å². The van der Waals surface area contributed by atoms with Gasteiger partial charge in [0, 0.05) is 0 Å². The number of rotatable bonds is 10. The van der Waals surface area contributed by atoms with Crippen molar-refractivity contribution in [1.82, 2.24) is 0 Å². The van der Waals surface area contributed by atoms with Crippen LogP contribution in [0, 0.1) is 17.8 Å². The quantitative estimate of drug-likeness (QED) is 0.348. The molecule has 0 saturated heterocycles. The molecular formula is C28H41O5PSi-2. The Bertz CT molecular complexity index is 981. The minimum absolute atomic E-state index is 0.0872. The molecule has 35 heavy (non-hydrogen) atoms. The summed E-state index contributed by atoms with van der Waals surface area (Å²) >= 11 is 0. The van der Waals surface area contributed by atoms with Crippen LogP contribution < -0.4 is 20.2 Å². The molecule has 0 radical (unpaired) electrons. The standard InChI is InChI=1S/C28H43O5PSi/c1-21(2)28(22(3)4,34(29,30)31)33-27(19-23(27)5)20-32-35(26(6,7)8,24-15-11-9-12-16-24)25-17-13-10-14-18-25/h9-18,21-23H,19-20H2,1-8H3,(H2,29,30,31)/p-2. The minimum Gasteiger partial charge on any atom is -0.809 e. The normalized spacial score (nSPS) is 21.5. The van der Waals surface area contributed by atoms with Gasteiger partial charge in [-0.05, 0) is 47.2 Å². The summed E-state index contributed by atoms with van der Waals surface area (Å²) in [6, 6.07) is 20.7. The molecule has 5 nitrogen and oxygen atoms in total. The van der Waals surface area contributed by atoms with E-state index in [1.807, 2.05) is 43.3 Å². The molecule has 1 aliphatic rings. The van der Waals surface area contributed by atoms with Gasteiger partial charge in [-0.15, -0.1) is 0 Å². The Hall–Kier alpha value is -1.27. The van der Waals surface area contributed by atoms with E-state index in [0.29, 0.717) is 6.42 Å². The zero-order valence-corrected chi connectivity index (χ0v) is 24.3. The molecule has 0 aromatic heterocycles. The van der Waals surface area contributed by atoms with Crippen LogP contribution >= 0.6 is 7.60 Å². The lowest BCUT2D eigenvalue weighted by atomic mass is 9.94. The molecule has 2 unspecified atom stereocenters. The molecule has 7 heteroatoms. The maximum atomic E-state index is 12.7. The first-order chi connectivity index (χ1) is 16.1. The van der Waals surface area contributed by atoms with Gasteiger partial charge < -0.3 is 23.5 Å². The molecular weight excluding hydrogens is 475 g/mol. The van der Waals surface area contributed by atoms with Gasteiger partial charge in [-0.25, -0.2) is 0 Å². The van der Waals surface area contributed by atoms with E-state index in [9.17, 15) is 14.4 Å². The Kier molecular flexibility index (Phi) is 7.99. The first-order valence-electron chi connectivity index (χ1n) is 12.6. The average molecular weight is 517 g/mol. The third-order valence-corrected chi connectivity index (χ3v) is 14.8. The maximum Gasteiger partial charge on any atom is 0.261 e. The van der Waals surface area contributed by atoms with Gasteiger partial charge in [-0.1, -0.05) is 116 Å². The van der Waals surface area contributed by atoms with Crippen LogP contribution in [-0.4, -0.2) is 25.9 Å². The van der Waals surface area contributed by atoms with Gasteiger partial charge in [0.05, 0.1) is 17.6 Å². The van der Waals surface area contributed by atoms with Gasteiger partial charge in [0.15, 0.2) is 0 Å². The molecule has 0 amide bonds. The van der Waals surface area contributed by atoms with Crippen molar-refractivity contribution in [2.24, 2.45) is 17.8 Å². The second-order valence-electron chi connectivity index (χ2n) is 11.8. The lowest BCUT2D eigenvalue weighted by Gasteiger charge is -2.56. The van der Waals surface area contributed by atoms with E-state index >= 15 is 0 Å². The summed E-state index contributed by atoms with van der Waals surface area (Å²) < 4.78 is 26.3. The Labute approximate surface area is 212 Å². The Morgan fingerprint density at radius 3 is 1.63 bits per heavy atom. The van der Waals surface area contributed by atoms with Gasteiger partial charge in [0.25, 0.3) is 8.32 Å². The van der Waals surface area contributed by atoms with E-state index in [0.717, 1.165) is 10.4 Å². The second kappa shape index (κ2) is 9.89. The molecule has 1 saturated carbocycles. The van der Waals surface area contributed by atoms with E-state index in [4.69, 9.17) is 9.16 Å². The molecule has 0 bridgehead atoms.